The predicted octanol–water partition coefficient (Wildman–Crippen LogP) is 1.37. The van der Waals surface area contributed by atoms with Crippen LogP contribution >= 0.6 is 0 Å². The number of carbonyl (C=O) groups is 2. The topological polar surface area (TPSA) is 72.8 Å². The minimum Gasteiger partial charge on any atom is -0.463 e. The molecular formula is C13H20O5. The van der Waals surface area contributed by atoms with Gasteiger partial charge in [-0.2, -0.15) is 0 Å². The van der Waals surface area contributed by atoms with Gasteiger partial charge >= 0.3 is 11.9 Å². The molecule has 18 heavy (non-hydrogen) atoms. The molecule has 0 bridgehead atoms. The van der Waals surface area contributed by atoms with E-state index in [1.807, 2.05) is 0 Å². The van der Waals surface area contributed by atoms with E-state index in [4.69, 9.17) is 0 Å². The number of esters is 2. The van der Waals surface area contributed by atoms with Crippen LogP contribution in [-0.2, 0) is 19.1 Å². The van der Waals surface area contributed by atoms with Crippen molar-refractivity contribution in [2.75, 3.05) is 13.2 Å². The zero-order valence-corrected chi connectivity index (χ0v) is 10.8. The second-order valence-electron chi connectivity index (χ2n) is 3.43. The molecule has 0 rings (SSSR count). The lowest BCUT2D eigenvalue weighted by atomic mass is 10.1. The minimum absolute atomic E-state index is 0.325. The fourth-order valence-corrected chi connectivity index (χ4v) is 1.12. The number of ether oxygens (including phenoxy) is 2. The summed E-state index contributed by atoms with van der Waals surface area (Å²) < 4.78 is 9.36. The molecule has 0 amide bonds. The van der Waals surface area contributed by atoms with Crippen molar-refractivity contribution in [1.29, 1.82) is 0 Å². The van der Waals surface area contributed by atoms with Crippen LogP contribution in [0.2, 0.25) is 0 Å². The van der Waals surface area contributed by atoms with Crippen molar-refractivity contribution in [1.82, 2.24) is 0 Å². The van der Waals surface area contributed by atoms with Crippen LogP contribution in [0.4, 0.5) is 0 Å². The summed E-state index contributed by atoms with van der Waals surface area (Å²) in [5, 5.41) is 9.53. The Balaban J connectivity index is 3.80. The van der Waals surface area contributed by atoms with Crippen LogP contribution in [-0.4, -0.2) is 36.4 Å². The molecule has 0 unspecified atom stereocenters. The number of hydrogen-bond acceptors (Lipinski definition) is 5. The highest BCUT2D eigenvalue weighted by Crippen LogP contribution is 2.01. The Morgan fingerprint density at radius 2 is 1.39 bits per heavy atom. The van der Waals surface area contributed by atoms with Crippen molar-refractivity contribution in [3.05, 3.63) is 24.3 Å². The summed E-state index contributed by atoms with van der Waals surface area (Å²) in [6.45, 7) is 4.10. The summed E-state index contributed by atoms with van der Waals surface area (Å²) in [5.74, 6) is -0.849. The van der Waals surface area contributed by atoms with E-state index in [1.54, 1.807) is 26.0 Å². The molecule has 102 valence electrons. The average Bonchev–Trinajstić information content (AvgIpc) is 2.29. The summed E-state index contributed by atoms with van der Waals surface area (Å²) in [7, 11) is 0. The molecule has 0 aromatic rings. The van der Waals surface area contributed by atoms with Crippen molar-refractivity contribution < 1.29 is 24.2 Å². The fraction of sp³-hybridized carbons (Fsp3) is 0.538. The molecule has 0 aliphatic rings. The average molecular weight is 256 g/mol. The molecule has 0 aliphatic heterocycles. The zero-order valence-electron chi connectivity index (χ0n) is 10.8. The highest BCUT2D eigenvalue weighted by atomic mass is 16.5. The standard InChI is InChI=1S/C13H20O5/c1-3-17-12(15)9-5-7-11(14)8-6-10-13(16)18-4-2/h5-6,9-11,14H,3-4,7-8H2,1-2H3/b9-5+,10-6+. The molecule has 0 radical (unpaired) electrons. The van der Waals surface area contributed by atoms with Crippen LogP contribution in [0, 0.1) is 0 Å². The van der Waals surface area contributed by atoms with Gasteiger partial charge in [-0.25, -0.2) is 9.59 Å². The molecule has 0 saturated heterocycles. The van der Waals surface area contributed by atoms with E-state index < -0.39 is 18.0 Å². The molecule has 0 fully saturated rings. The van der Waals surface area contributed by atoms with Gasteiger partial charge in [0.15, 0.2) is 0 Å². The molecule has 0 heterocycles. The van der Waals surface area contributed by atoms with E-state index in [0.717, 1.165) is 0 Å². The van der Waals surface area contributed by atoms with Gasteiger partial charge in [0.05, 0.1) is 19.3 Å². The number of hydrogen-bond donors (Lipinski definition) is 1. The zero-order chi connectivity index (χ0) is 13.8. The van der Waals surface area contributed by atoms with Gasteiger partial charge in [-0.15, -0.1) is 0 Å². The highest BCUT2D eigenvalue weighted by Gasteiger charge is 2.01. The number of rotatable bonds is 8. The Morgan fingerprint density at radius 3 is 1.72 bits per heavy atom. The van der Waals surface area contributed by atoms with Crippen molar-refractivity contribution in [3.63, 3.8) is 0 Å². The van der Waals surface area contributed by atoms with Crippen LogP contribution in [0.3, 0.4) is 0 Å². The van der Waals surface area contributed by atoms with Crippen molar-refractivity contribution in [3.8, 4) is 0 Å². The summed E-state index contributed by atoms with van der Waals surface area (Å²) in [5.41, 5.74) is 0. The smallest absolute Gasteiger partial charge is 0.330 e. The first-order valence-corrected chi connectivity index (χ1v) is 5.94. The molecule has 5 nitrogen and oxygen atoms in total. The van der Waals surface area contributed by atoms with Gasteiger partial charge in [0.1, 0.15) is 0 Å². The van der Waals surface area contributed by atoms with Crippen LogP contribution in [0.15, 0.2) is 24.3 Å². The van der Waals surface area contributed by atoms with Crippen LogP contribution in [0.1, 0.15) is 26.7 Å². The Hall–Kier alpha value is -1.62. The van der Waals surface area contributed by atoms with Gasteiger partial charge in [-0.3, -0.25) is 0 Å². The number of aliphatic hydroxyl groups is 1. The van der Waals surface area contributed by atoms with Gasteiger partial charge in [0.25, 0.3) is 0 Å². The van der Waals surface area contributed by atoms with E-state index in [-0.39, 0.29) is 0 Å². The Labute approximate surface area is 107 Å². The lowest BCUT2D eigenvalue weighted by Gasteiger charge is -2.03. The Morgan fingerprint density at radius 1 is 1.00 bits per heavy atom. The van der Waals surface area contributed by atoms with Gasteiger partial charge in [0.2, 0.25) is 0 Å². The van der Waals surface area contributed by atoms with Crippen LogP contribution < -0.4 is 0 Å². The molecule has 0 aromatic heterocycles. The quantitative estimate of drug-likeness (QED) is 0.524. The van der Waals surface area contributed by atoms with Crippen LogP contribution in [0.25, 0.3) is 0 Å². The molecule has 1 N–H and O–H groups in total. The maximum Gasteiger partial charge on any atom is 0.330 e. The second kappa shape index (κ2) is 10.5. The number of carbonyl (C=O) groups excluding carboxylic acids is 2. The predicted molar refractivity (Wildman–Crippen MR) is 66.8 cm³/mol. The largest absolute Gasteiger partial charge is 0.463 e. The van der Waals surface area contributed by atoms with Crippen LogP contribution in [0.5, 0.6) is 0 Å². The van der Waals surface area contributed by atoms with Gasteiger partial charge in [-0.1, -0.05) is 12.2 Å². The molecule has 0 spiro atoms. The monoisotopic (exact) mass is 256 g/mol. The third kappa shape index (κ3) is 9.59. The summed E-state index contributed by atoms with van der Waals surface area (Å²) in [6, 6.07) is 0. The Bertz CT molecular complexity index is 277. The van der Waals surface area contributed by atoms with Gasteiger partial charge in [-0.05, 0) is 26.7 Å². The molecule has 0 atom stereocenters. The second-order valence-corrected chi connectivity index (χ2v) is 3.43. The first-order chi connectivity index (χ1) is 8.60. The normalized spacial score (nSPS) is 11.3. The first kappa shape index (κ1) is 16.4. The lowest BCUT2D eigenvalue weighted by Crippen LogP contribution is -2.05. The van der Waals surface area contributed by atoms with E-state index in [2.05, 4.69) is 9.47 Å². The maximum atomic E-state index is 10.9. The highest BCUT2D eigenvalue weighted by molar-refractivity contribution is 5.82. The van der Waals surface area contributed by atoms with E-state index in [1.165, 1.54) is 12.2 Å². The first-order valence-electron chi connectivity index (χ1n) is 5.94. The van der Waals surface area contributed by atoms with Crippen molar-refractivity contribution in [2.24, 2.45) is 0 Å². The van der Waals surface area contributed by atoms with Crippen molar-refractivity contribution in [2.45, 2.75) is 32.8 Å². The SMILES string of the molecule is CCOC(=O)/C=C/CC(O)C/C=C/C(=O)OCC. The molecule has 0 saturated carbocycles. The van der Waals surface area contributed by atoms with E-state index >= 15 is 0 Å². The summed E-state index contributed by atoms with van der Waals surface area (Å²) in [6.07, 6.45) is 5.66. The van der Waals surface area contributed by atoms with E-state index in [0.29, 0.717) is 26.1 Å². The summed E-state index contributed by atoms with van der Waals surface area (Å²) in [4.78, 5) is 21.9. The molecular weight excluding hydrogens is 236 g/mol. The summed E-state index contributed by atoms with van der Waals surface area (Å²) >= 11 is 0. The van der Waals surface area contributed by atoms with E-state index in [9.17, 15) is 14.7 Å². The minimum atomic E-state index is -0.638. The lowest BCUT2D eigenvalue weighted by molar-refractivity contribution is -0.138. The van der Waals surface area contributed by atoms with Gasteiger partial charge in [0, 0.05) is 12.2 Å². The fourth-order valence-electron chi connectivity index (χ4n) is 1.12. The molecule has 5 heteroatoms. The third-order valence-electron chi connectivity index (χ3n) is 1.90. The van der Waals surface area contributed by atoms with Crippen molar-refractivity contribution >= 4 is 11.9 Å². The number of aliphatic hydroxyl groups excluding tert-OH is 1. The maximum absolute atomic E-state index is 10.9. The molecule has 0 aliphatic carbocycles. The Kier molecular flexibility index (Phi) is 9.58. The van der Waals surface area contributed by atoms with Gasteiger partial charge < -0.3 is 14.6 Å². The third-order valence-corrected chi connectivity index (χ3v) is 1.90. The molecule has 0 aromatic carbocycles.